The van der Waals surface area contributed by atoms with E-state index in [4.69, 9.17) is 0 Å². The quantitative estimate of drug-likeness (QED) is 0.883. The molecule has 1 N–H and O–H groups in total. The normalized spacial score (nSPS) is 18.9. The maximum atomic E-state index is 13.9. The molecule has 2 aromatic rings. The van der Waals surface area contributed by atoms with Crippen LogP contribution in [0.3, 0.4) is 0 Å². The van der Waals surface area contributed by atoms with Gasteiger partial charge in [-0.15, -0.1) is 11.3 Å². The van der Waals surface area contributed by atoms with Gasteiger partial charge in [0, 0.05) is 13.1 Å². The summed E-state index contributed by atoms with van der Waals surface area (Å²) in [5.74, 6) is -1.34. The Morgan fingerprint density at radius 2 is 2.16 bits per heavy atom. The monoisotopic (exact) mass is 382 g/mol. The second kappa shape index (κ2) is 7.23. The molecule has 1 aliphatic heterocycles. The number of thiophene rings is 1. The fourth-order valence-electron chi connectivity index (χ4n) is 2.87. The summed E-state index contributed by atoms with van der Waals surface area (Å²) in [6.45, 7) is 2.27. The highest BCUT2D eigenvalue weighted by molar-refractivity contribution is 7.91. The van der Waals surface area contributed by atoms with Crippen molar-refractivity contribution in [1.82, 2.24) is 4.31 Å². The van der Waals surface area contributed by atoms with Crippen LogP contribution in [0.15, 0.2) is 39.9 Å². The van der Waals surface area contributed by atoms with Crippen LogP contribution in [0.4, 0.5) is 10.1 Å². The number of anilines is 1. The fraction of sp³-hybridized carbons (Fsp3) is 0.353. The van der Waals surface area contributed by atoms with Crippen molar-refractivity contribution in [3.05, 3.63) is 47.1 Å². The fourth-order valence-corrected chi connectivity index (χ4v) is 5.54. The van der Waals surface area contributed by atoms with E-state index in [1.165, 1.54) is 16.4 Å². The highest BCUT2D eigenvalue weighted by Gasteiger charge is 2.34. The maximum Gasteiger partial charge on any atom is 0.252 e. The number of carbonyl (C=O) groups excluding carboxylic acids is 1. The van der Waals surface area contributed by atoms with Gasteiger partial charge in [-0.05, 0) is 48.9 Å². The molecule has 0 radical (unpaired) electrons. The standard InChI is InChI=1S/C17H19FN2O3S2/c1-12-6-7-15(14(18)10-12)19-17(21)13-4-2-8-20(11-13)25(22,23)16-5-3-9-24-16/h3,5-7,9-10,13H,2,4,8,11H2,1H3,(H,19,21). The zero-order chi connectivity index (χ0) is 18.0. The number of nitrogens with one attached hydrogen (secondary N) is 1. The SMILES string of the molecule is Cc1ccc(NC(=O)C2CCCN(S(=O)(=O)c3cccs3)C2)c(F)c1. The van der Waals surface area contributed by atoms with Gasteiger partial charge in [0.25, 0.3) is 10.0 Å². The van der Waals surface area contributed by atoms with Crippen molar-refractivity contribution >= 4 is 33.0 Å². The molecule has 1 saturated heterocycles. The molecule has 8 heteroatoms. The molecule has 1 atom stereocenters. The first kappa shape index (κ1) is 18.0. The van der Waals surface area contributed by atoms with E-state index in [1.54, 1.807) is 30.5 Å². The summed E-state index contributed by atoms with van der Waals surface area (Å²) < 4.78 is 40.8. The van der Waals surface area contributed by atoms with E-state index in [1.807, 2.05) is 0 Å². The van der Waals surface area contributed by atoms with Gasteiger partial charge < -0.3 is 5.32 Å². The average Bonchev–Trinajstić information content (AvgIpc) is 3.13. The van der Waals surface area contributed by atoms with E-state index in [-0.39, 0.29) is 22.3 Å². The minimum absolute atomic E-state index is 0.111. The number of aryl methyl sites for hydroxylation is 1. The number of amides is 1. The Kier molecular flexibility index (Phi) is 5.21. The van der Waals surface area contributed by atoms with Gasteiger partial charge in [-0.1, -0.05) is 12.1 Å². The molecule has 2 heterocycles. The molecule has 0 saturated carbocycles. The summed E-state index contributed by atoms with van der Waals surface area (Å²) in [6.07, 6.45) is 1.18. The number of sulfonamides is 1. The number of hydrogen-bond acceptors (Lipinski definition) is 4. The summed E-state index contributed by atoms with van der Waals surface area (Å²) in [5.41, 5.74) is 0.884. The van der Waals surface area contributed by atoms with E-state index in [0.717, 1.165) is 16.9 Å². The van der Waals surface area contributed by atoms with Crippen molar-refractivity contribution in [3.8, 4) is 0 Å². The summed E-state index contributed by atoms with van der Waals surface area (Å²) in [7, 11) is -3.57. The van der Waals surface area contributed by atoms with Crippen LogP contribution in [0.5, 0.6) is 0 Å². The molecule has 5 nitrogen and oxygen atoms in total. The molecule has 1 aromatic heterocycles. The van der Waals surface area contributed by atoms with Crippen molar-refractivity contribution in [2.24, 2.45) is 5.92 Å². The van der Waals surface area contributed by atoms with E-state index in [9.17, 15) is 17.6 Å². The minimum atomic E-state index is -3.57. The van der Waals surface area contributed by atoms with Gasteiger partial charge >= 0.3 is 0 Å². The predicted octanol–water partition coefficient (Wildman–Crippen LogP) is 3.24. The first-order valence-electron chi connectivity index (χ1n) is 7.98. The van der Waals surface area contributed by atoms with Gasteiger partial charge in [-0.3, -0.25) is 4.79 Å². The van der Waals surface area contributed by atoms with Crippen LogP contribution in [0.25, 0.3) is 0 Å². The zero-order valence-electron chi connectivity index (χ0n) is 13.7. The zero-order valence-corrected chi connectivity index (χ0v) is 15.4. The largest absolute Gasteiger partial charge is 0.323 e. The molecule has 0 bridgehead atoms. The number of rotatable bonds is 4. The summed E-state index contributed by atoms with van der Waals surface area (Å²) in [4.78, 5) is 12.5. The molecular weight excluding hydrogens is 363 g/mol. The lowest BCUT2D eigenvalue weighted by atomic mass is 9.98. The number of halogens is 1. The second-order valence-corrected chi connectivity index (χ2v) is 9.22. The van der Waals surface area contributed by atoms with Crippen LogP contribution in [0.2, 0.25) is 0 Å². The van der Waals surface area contributed by atoms with E-state index < -0.39 is 21.8 Å². The molecule has 0 aliphatic carbocycles. The molecule has 25 heavy (non-hydrogen) atoms. The van der Waals surface area contributed by atoms with Crippen LogP contribution >= 0.6 is 11.3 Å². The van der Waals surface area contributed by atoms with Gasteiger partial charge in [0.2, 0.25) is 5.91 Å². The summed E-state index contributed by atoms with van der Waals surface area (Å²) >= 11 is 1.16. The van der Waals surface area contributed by atoms with Crippen molar-refractivity contribution in [1.29, 1.82) is 0 Å². The van der Waals surface area contributed by atoms with Gasteiger partial charge in [-0.25, -0.2) is 12.8 Å². The van der Waals surface area contributed by atoms with Crippen LogP contribution in [0, 0.1) is 18.7 Å². The second-order valence-electron chi connectivity index (χ2n) is 6.11. The number of benzene rings is 1. The predicted molar refractivity (Wildman–Crippen MR) is 95.6 cm³/mol. The average molecular weight is 382 g/mol. The topological polar surface area (TPSA) is 66.5 Å². The first-order valence-corrected chi connectivity index (χ1v) is 10.3. The van der Waals surface area contributed by atoms with E-state index in [2.05, 4.69) is 5.32 Å². The molecule has 1 aromatic carbocycles. The Balaban J connectivity index is 1.72. The van der Waals surface area contributed by atoms with Crippen molar-refractivity contribution in [2.45, 2.75) is 24.0 Å². The molecule has 3 rings (SSSR count). The lowest BCUT2D eigenvalue weighted by molar-refractivity contribution is -0.120. The number of hydrogen-bond donors (Lipinski definition) is 1. The Morgan fingerprint density at radius 3 is 2.84 bits per heavy atom. The first-order chi connectivity index (χ1) is 11.9. The van der Waals surface area contributed by atoms with Gasteiger partial charge in [0.15, 0.2) is 0 Å². The lowest BCUT2D eigenvalue weighted by Crippen LogP contribution is -2.43. The van der Waals surface area contributed by atoms with Gasteiger partial charge in [-0.2, -0.15) is 4.31 Å². The molecule has 0 spiro atoms. The third-order valence-electron chi connectivity index (χ3n) is 4.23. The number of piperidine rings is 1. The Bertz CT molecular complexity index is 866. The third-order valence-corrected chi connectivity index (χ3v) is 7.46. The van der Waals surface area contributed by atoms with Gasteiger partial charge in [0.05, 0.1) is 11.6 Å². The van der Waals surface area contributed by atoms with Crippen LogP contribution in [-0.4, -0.2) is 31.7 Å². The van der Waals surface area contributed by atoms with Crippen molar-refractivity contribution in [2.75, 3.05) is 18.4 Å². The maximum absolute atomic E-state index is 13.9. The summed E-state index contributed by atoms with van der Waals surface area (Å²) in [6, 6.07) is 7.83. The lowest BCUT2D eigenvalue weighted by Gasteiger charge is -2.30. The Labute approximate surface area is 150 Å². The molecule has 1 unspecified atom stereocenters. The van der Waals surface area contributed by atoms with E-state index >= 15 is 0 Å². The molecule has 1 aliphatic rings. The minimum Gasteiger partial charge on any atom is -0.323 e. The van der Waals surface area contributed by atoms with Crippen molar-refractivity contribution in [3.63, 3.8) is 0 Å². The third kappa shape index (κ3) is 3.91. The number of carbonyl (C=O) groups is 1. The van der Waals surface area contributed by atoms with Gasteiger partial charge in [0.1, 0.15) is 10.0 Å². The molecule has 1 amide bonds. The van der Waals surface area contributed by atoms with E-state index in [0.29, 0.717) is 19.4 Å². The Hall–Kier alpha value is -1.77. The molecule has 1 fully saturated rings. The smallest absolute Gasteiger partial charge is 0.252 e. The summed E-state index contributed by atoms with van der Waals surface area (Å²) in [5, 5.41) is 4.29. The molecule has 134 valence electrons. The Morgan fingerprint density at radius 1 is 1.36 bits per heavy atom. The highest BCUT2D eigenvalue weighted by Crippen LogP contribution is 2.27. The van der Waals surface area contributed by atoms with Crippen LogP contribution < -0.4 is 5.32 Å². The van der Waals surface area contributed by atoms with Crippen LogP contribution in [0.1, 0.15) is 18.4 Å². The van der Waals surface area contributed by atoms with Crippen molar-refractivity contribution < 1.29 is 17.6 Å². The highest BCUT2D eigenvalue weighted by atomic mass is 32.2. The number of nitrogens with zero attached hydrogens (tertiary/aromatic N) is 1. The van der Waals surface area contributed by atoms with Crippen LogP contribution in [-0.2, 0) is 14.8 Å². The molecular formula is C17H19FN2O3S2.